The van der Waals surface area contributed by atoms with Gasteiger partial charge in [-0.2, -0.15) is 0 Å². The lowest BCUT2D eigenvalue weighted by molar-refractivity contribution is -0.183. The van der Waals surface area contributed by atoms with E-state index in [-0.39, 0.29) is 0 Å². The zero-order valence-corrected chi connectivity index (χ0v) is 9.98. The standard InChI is InChI=1S/C11H20N2O3/c1-12-4-3-9(5-12)13(2)6-11(10(14)15)7-16-8-11/h9H,3-8H2,1-2H3,(H,14,15). The maximum atomic E-state index is 11.2. The van der Waals surface area contributed by atoms with Gasteiger partial charge in [-0.3, -0.25) is 4.79 Å². The number of carbonyl (C=O) groups is 1. The molecule has 92 valence electrons. The Kier molecular flexibility index (Phi) is 3.19. The van der Waals surface area contributed by atoms with Gasteiger partial charge in [0.05, 0.1) is 13.2 Å². The Balaban J connectivity index is 1.91. The maximum Gasteiger partial charge on any atom is 0.315 e. The number of carboxylic acid groups (broad SMARTS) is 1. The van der Waals surface area contributed by atoms with Gasteiger partial charge in [-0.05, 0) is 27.1 Å². The highest BCUT2D eigenvalue weighted by Gasteiger charge is 2.47. The molecule has 2 saturated heterocycles. The van der Waals surface area contributed by atoms with Crippen LogP contribution >= 0.6 is 0 Å². The maximum absolute atomic E-state index is 11.2. The van der Waals surface area contributed by atoms with E-state index < -0.39 is 11.4 Å². The third-order valence-electron chi connectivity index (χ3n) is 3.75. The van der Waals surface area contributed by atoms with E-state index in [4.69, 9.17) is 4.74 Å². The average Bonchev–Trinajstić information content (AvgIpc) is 2.57. The topological polar surface area (TPSA) is 53.0 Å². The summed E-state index contributed by atoms with van der Waals surface area (Å²) in [6, 6.07) is 0.488. The summed E-state index contributed by atoms with van der Waals surface area (Å²) in [5.74, 6) is -0.725. The molecular weight excluding hydrogens is 208 g/mol. The normalized spacial score (nSPS) is 29.3. The van der Waals surface area contributed by atoms with Crippen LogP contribution in [0, 0.1) is 5.41 Å². The highest BCUT2D eigenvalue weighted by molar-refractivity contribution is 5.76. The van der Waals surface area contributed by atoms with E-state index in [0.29, 0.717) is 25.8 Å². The summed E-state index contributed by atoms with van der Waals surface area (Å²) in [6.45, 7) is 3.45. The first kappa shape index (κ1) is 11.8. The minimum atomic E-state index is -0.725. The van der Waals surface area contributed by atoms with Crippen molar-refractivity contribution < 1.29 is 14.6 Å². The van der Waals surface area contributed by atoms with Crippen LogP contribution in [0.25, 0.3) is 0 Å². The number of hydrogen-bond donors (Lipinski definition) is 1. The van der Waals surface area contributed by atoms with Gasteiger partial charge in [0.15, 0.2) is 0 Å². The Labute approximate surface area is 96.0 Å². The van der Waals surface area contributed by atoms with Crippen molar-refractivity contribution in [3.8, 4) is 0 Å². The third kappa shape index (κ3) is 2.07. The molecule has 16 heavy (non-hydrogen) atoms. The number of nitrogens with zero attached hydrogens (tertiary/aromatic N) is 2. The van der Waals surface area contributed by atoms with Crippen molar-refractivity contribution in [2.75, 3.05) is 46.9 Å². The number of ether oxygens (including phenoxy) is 1. The predicted molar refractivity (Wildman–Crippen MR) is 59.4 cm³/mol. The molecule has 0 aromatic rings. The lowest BCUT2D eigenvalue weighted by Crippen LogP contribution is -2.56. The Hall–Kier alpha value is -0.650. The molecule has 1 N–H and O–H groups in total. The first-order chi connectivity index (χ1) is 7.53. The molecule has 0 aromatic carbocycles. The minimum absolute atomic E-state index is 0.356. The van der Waals surface area contributed by atoms with E-state index in [9.17, 15) is 9.90 Å². The van der Waals surface area contributed by atoms with Crippen LogP contribution in [-0.2, 0) is 9.53 Å². The number of aliphatic carboxylic acids is 1. The summed E-state index contributed by atoms with van der Waals surface area (Å²) in [5.41, 5.74) is -0.657. The number of hydrogen-bond acceptors (Lipinski definition) is 4. The molecule has 1 atom stereocenters. The highest BCUT2D eigenvalue weighted by atomic mass is 16.5. The Morgan fingerprint density at radius 1 is 1.62 bits per heavy atom. The molecule has 2 fully saturated rings. The van der Waals surface area contributed by atoms with Gasteiger partial charge < -0.3 is 19.6 Å². The summed E-state index contributed by atoms with van der Waals surface area (Å²) < 4.78 is 5.07. The predicted octanol–water partition coefficient (Wildman–Crippen LogP) is -0.276. The summed E-state index contributed by atoms with van der Waals surface area (Å²) >= 11 is 0. The second kappa shape index (κ2) is 4.31. The lowest BCUT2D eigenvalue weighted by Gasteiger charge is -2.41. The molecule has 0 saturated carbocycles. The van der Waals surface area contributed by atoms with Gasteiger partial charge in [-0.25, -0.2) is 0 Å². The fourth-order valence-corrected chi connectivity index (χ4v) is 2.51. The van der Waals surface area contributed by atoms with Crippen molar-refractivity contribution >= 4 is 5.97 Å². The smallest absolute Gasteiger partial charge is 0.315 e. The molecule has 0 aromatic heterocycles. The van der Waals surface area contributed by atoms with Gasteiger partial charge in [0.1, 0.15) is 5.41 Å². The second-order valence-electron chi connectivity index (χ2n) is 5.20. The van der Waals surface area contributed by atoms with Crippen molar-refractivity contribution in [2.45, 2.75) is 12.5 Å². The molecule has 1 unspecified atom stereocenters. The SMILES string of the molecule is CN1CCC(N(C)CC2(C(=O)O)COC2)C1. The Morgan fingerprint density at radius 2 is 2.31 bits per heavy atom. The molecular formula is C11H20N2O3. The van der Waals surface area contributed by atoms with E-state index in [0.717, 1.165) is 19.5 Å². The number of carboxylic acids is 1. The third-order valence-corrected chi connectivity index (χ3v) is 3.75. The van der Waals surface area contributed by atoms with E-state index in [1.807, 2.05) is 7.05 Å². The Morgan fingerprint density at radius 3 is 2.69 bits per heavy atom. The molecule has 0 amide bonds. The van der Waals surface area contributed by atoms with Crippen molar-refractivity contribution in [1.29, 1.82) is 0 Å². The highest BCUT2D eigenvalue weighted by Crippen LogP contribution is 2.30. The van der Waals surface area contributed by atoms with E-state index in [1.165, 1.54) is 0 Å². The van der Waals surface area contributed by atoms with Crippen LogP contribution in [0.2, 0.25) is 0 Å². The molecule has 0 spiro atoms. The van der Waals surface area contributed by atoms with Gasteiger partial charge in [-0.1, -0.05) is 0 Å². The van der Waals surface area contributed by atoms with Gasteiger partial charge in [-0.15, -0.1) is 0 Å². The van der Waals surface area contributed by atoms with E-state index in [2.05, 4.69) is 16.8 Å². The molecule has 2 rings (SSSR count). The summed E-state index contributed by atoms with van der Waals surface area (Å²) in [4.78, 5) is 15.7. The minimum Gasteiger partial charge on any atom is -0.481 e. The second-order valence-corrected chi connectivity index (χ2v) is 5.20. The summed E-state index contributed by atoms with van der Waals surface area (Å²) in [5, 5.41) is 9.21. The molecule has 0 bridgehead atoms. The van der Waals surface area contributed by atoms with Crippen LogP contribution in [-0.4, -0.2) is 73.9 Å². The molecule has 5 nitrogen and oxygen atoms in total. The summed E-state index contributed by atoms with van der Waals surface area (Å²) in [6.07, 6.45) is 1.13. The van der Waals surface area contributed by atoms with Crippen LogP contribution in [0.1, 0.15) is 6.42 Å². The number of rotatable bonds is 4. The van der Waals surface area contributed by atoms with Crippen molar-refractivity contribution in [3.63, 3.8) is 0 Å². The first-order valence-corrected chi connectivity index (χ1v) is 5.73. The molecule has 0 aliphatic carbocycles. The lowest BCUT2D eigenvalue weighted by atomic mass is 9.85. The molecule has 2 heterocycles. The summed E-state index contributed by atoms with van der Waals surface area (Å²) in [7, 11) is 4.13. The molecule has 0 radical (unpaired) electrons. The van der Waals surface area contributed by atoms with Crippen LogP contribution in [0.5, 0.6) is 0 Å². The monoisotopic (exact) mass is 228 g/mol. The van der Waals surface area contributed by atoms with Gasteiger partial charge in [0.2, 0.25) is 0 Å². The first-order valence-electron chi connectivity index (χ1n) is 5.73. The quantitative estimate of drug-likeness (QED) is 0.717. The van der Waals surface area contributed by atoms with E-state index in [1.54, 1.807) is 0 Å². The van der Waals surface area contributed by atoms with Crippen LogP contribution in [0.4, 0.5) is 0 Å². The van der Waals surface area contributed by atoms with Gasteiger partial charge in [0.25, 0.3) is 0 Å². The Bertz CT molecular complexity index is 278. The van der Waals surface area contributed by atoms with Crippen molar-refractivity contribution in [3.05, 3.63) is 0 Å². The molecule has 5 heteroatoms. The largest absolute Gasteiger partial charge is 0.481 e. The fourth-order valence-electron chi connectivity index (χ4n) is 2.51. The van der Waals surface area contributed by atoms with Crippen LogP contribution in [0.15, 0.2) is 0 Å². The number of likely N-dealkylation sites (N-methyl/N-ethyl adjacent to an activating group) is 2. The van der Waals surface area contributed by atoms with Crippen molar-refractivity contribution in [1.82, 2.24) is 9.80 Å². The average molecular weight is 228 g/mol. The zero-order valence-electron chi connectivity index (χ0n) is 9.98. The zero-order chi connectivity index (χ0) is 11.8. The van der Waals surface area contributed by atoms with Gasteiger partial charge >= 0.3 is 5.97 Å². The van der Waals surface area contributed by atoms with Gasteiger partial charge in [0, 0.05) is 19.1 Å². The number of likely N-dealkylation sites (tertiary alicyclic amines) is 1. The van der Waals surface area contributed by atoms with E-state index >= 15 is 0 Å². The van der Waals surface area contributed by atoms with Crippen LogP contribution < -0.4 is 0 Å². The molecule has 2 aliphatic rings. The van der Waals surface area contributed by atoms with Crippen LogP contribution in [0.3, 0.4) is 0 Å². The molecule has 2 aliphatic heterocycles. The van der Waals surface area contributed by atoms with Crippen molar-refractivity contribution in [2.24, 2.45) is 5.41 Å². The fraction of sp³-hybridized carbons (Fsp3) is 0.909.